The van der Waals surface area contributed by atoms with Crippen molar-refractivity contribution in [2.75, 3.05) is 5.32 Å². The molecule has 0 aliphatic rings. The maximum absolute atomic E-state index is 12.7. The maximum Gasteiger partial charge on any atom is 0.319 e. The second-order valence-electron chi connectivity index (χ2n) is 6.98. The number of para-hydroxylation sites is 3. The molecule has 7 heteroatoms. The van der Waals surface area contributed by atoms with Crippen molar-refractivity contribution in [1.82, 2.24) is 20.2 Å². The van der Waals surface area contributed by atoms with Crippen molar-refractivity contribution in [2.24, 2.45) is 13.0 Å². The van der Waals surface area contributed by atoms with Crippen LogP contribution >= 0.6 is 0 Å². The molecule has 1 aromatic heterocycles. The van der Waals surface area contributed by atoms with Gasteiger partial charge in [0.25, 0.3) is 0 Å². The zero-order chi connectivity index (χ0) is 20.1. The third-order valence-corrected chi connectivity index (χ3v) is 4.57. The van der Waals surface area contributed by atoms with Crippen molar-refractivity contribution in [1.29, 1.82) is 0 Å². The summed E-state index contributed by atoms with van der Waals surface area (Å²) in [6, 6.07) is 15.9. The van der Waals surface area contributed by atoms with E-state index < -0.39 is 12.1 Å². The van der Waals surface area contributed by atoms with Gasteiger partial charge < -0.3 is 20.5 Å². The first-order chi connectivity index (χ1) is 13.5. The fourth-order valence-electron chi connectivity index (χ4n) is 2.99. The molecule has 3 N–H and O–H groups in total. The number of carbonyl (C=O) groups is 2. The van der Waals surface area contributed by atoms with Gasteiger partial charge in [-0.05, 0) is 30.2 Å². The van der Waals surface area contributed by atoms with E-state index in [4.69, 9.17) is 0 Å². The summed E-state index contributed by atoms with van der Waals surface area (Å²) in [6.07, 6.45) is 0. The summed E-state index contributed by atoms with van der Waals surface area (Å²) in [6.45, 7) is 4.07. The number of anilines is 1. The van der Waals surface area contributed by atoms with Gasteiger partial charge in [-0.3, -0.25) is 4.79 Å². The molecule has 146 valence electrons. The summed E-state index contributed by atoms with van der Waals surface area (Å²) in [4.78, 5) is 29.5. The second-order valence-corrected chi connectivity index (χ2v) is 6.98. The number of aryl methyl sites for hydroxylation is 1. The van der Waals surface area contributed by atoms with Gasteiger partial charge in [0, 0.05) is 12.7 Å². The molecule has 1 heterocycles. The number of urea groups is 1. The predicted molar refractivity (Wildman–Crippen MR) is 110 cm³/mol. The summed E-state index contributed by atoms with van der Waals surface area (Å²) in [5.41, 5.74) is 2.56. The molecule has 0 bridgehead atoms. The Morgan fingerprint density at radius 3 is 2.39 bits per heavy atom. The molecule has 2 aromatic carbocycles. The van der Waals surface area contributed by atoms with E-state index in [1.165, 1.54) is 0 Å². The molecule has 3 rings (SSSR count). The van der Waals surface area contributed by atoms with E-state index in [1.807, 2.05) is 67.9 Å². The minimum absolute atomic E-state index is 0.0676. The molecule has 28 heavy (non-hydrogen) atoms. The number of nitrogens with one attached hydrogen (secondary N) is 3. The number of benzene rings is 2. The van der Waals surface area contributed by atoms with Crippen molar-refractivity contribution in [3.63, 3.8) is 0 Å². The molecule has 0 aliphatic heterocycles. The van der Waals surface area contributed by atoms with Crippen LogP contribution in [-0.4, -0.2) is 27.5 Å². The number of hydrogen-bond donors (Lipinski definition) is 3. The Balaban J connectivity index is 1.62. The minimum atomic E-state index is -0.654. The lowest BCUT2D eigenvalue weighted by atomic mass is 10.0. The predicted octanol–water partition coefficient (Wildman–Crippen LogP) is 3.04. The highest BCUT2D eigenvalue weighted by atomic mass is 16.2. The zero-order valence-electron chi connectivity index (χ0n) is 16.3. The van der Waals surface area contributed by atoms with Crippen LogP contribution in [0.4, 0.5) is 10.5 Å². The normalized spacial score (nSPS) is 12.0. The van der Waals surface area contributed by atoms with Gasteiger partial charge in [-0.15, -0.1) is 0 Å². The molecule has 0 radical (unpaired) electrons. The van der Waals surface area contributed by atoms with Crippen molar-refractivity contribution in [3.05, 3.63) is 60.4 Å². The number of rotatable bonds is 6. The SMILES string of the molecule is CC(C)C(NC(=O)Nc1ccccc1)C(=O)NCc1nc2ccccc2n1C. The molecule has 7 nitrogen and oxygen atoms in total. The van der Waals surface area contributed by atoms with Gasteiger partial charge in [0.2, 0.25) is 5.91 Å². The van der Waals surface area contributed by atoms with Crippen LogP contribution in [-0.2, 0) is 18.4 Å². The molecule has 1 atom stereocenters. The van der Waals surface area contributed by atoms with Crippen molar-refractivity contribution >= 4 is 28.7 Å². The van der Waals surface area contributed by atoms with Crippen LogP contribution in [0.15, 0.2) is 54.6 Å². The van der Waals surface area contributed by atoms with Crippen LogP contribution in [0.5, 0.6) is 0 Å². The van der Waals surface area contributed by atoms with Gasteiger partial charge in [0.05, 0.1) is 17.6 Å². The van der Waals surface area contributed by atoms with E-state index in [0.29, 0.717) is 5.69 Å². The molecule has 3 aromatic rings. The molecular weight excluding hydrogens is 354 g/mol. The number of nitrogens with zero attached hydrogens (tertiary/aromatic N) is 2. The lowest BCUT2D eigenvalue weighted by Crippen LogP contribution is -2.50. The van der Waals surface area contributed by atoms with E-state index in [0.717, 1.165) is 16.9 Å². The highest BCUT2D eigenvalue weighted by Gasteiger charge is 2.24. The summed E-state index contributed by atoms with van der Waals surface area (Å²) in [7, 11) is 1.92. The topological polar surface area (TPSA) is 88.1 Å². The summed E-state index contributed by atoms with van der Waals surface area (Å²) in [5, 5.41) is 8.38. The van der Waals surface area contributed by atoms with Gasteiger partial charge in [0.1, 0.15) is 11.9 Å². The second kappa shape index (κ2) is 8.56. The van der Waals surface area contributed by atoms with Crippen molar-refractivity contribution < 1.29 is 9.59 Å². The molecule has 3 amide bonds. The Labute approximate surface area is 164 Å². The van der Waals surface area contributed by atoms with E-state index in [1.54, 1.807) is 12.1 Å². The maximum atomic E-state index is 12.7. The Morgan fingerprint density at radius 1 is 1.04 bits per heavy atom. The smallest absolute Gasteiger partial charge is 0.319 e. The summed E-state index contributed by atoms with van der Waals surface area (Å²) < 4.78 is 1.95. The van der Waals surface area contributed by atoms with Crippen LogP contribution < -0.4 is 16.0 Å². The first-order valence-electron chi connectivity index (χ1n) is 9.26. The van der Waals surface area contributed by atoms with E-state index in [9.17, 15) is 9.59 Å². The van der Waals surface area contributed by atoms with E-state index in [-0.39, 0.29) is 18.4 Å². The molecule has 1 unspecified atom stereocenters. The van der Waals surface area contributed by atoms with Crippen LogP contribution in [0.3, 0.4) is 0 Å². The fourth-order valence-corrected chi connectivity index (χ4v) is 2.99. The zero-order valence-corrected chi connectivity index (χ0v) is 16.3. The minimum Gasteiger partial charge on any atom is -0.347 e. The molecule has 0 saturated heterocycles. The highest BCUT2D eigenvalue weighted by Crippen LogP contribution is 2.14. The van der Waals surface area contributed by atoms with Crippen LogP contribution in [0, 0.1) is 5.92 Å². The largest absolute Gasteiger partial charge is 0.347 e. The summed E-state index contributed by atoms with van der Waals surface area (Å²) >= 11 is 0. The lowest BCUT2D eigenvalue weighted by molar-refractivity contribution is -0.124. The van der Waals surface area contributed by atoms with Crippen LogP contribution in [0.25, 0.3) is 11.0 Å². The third-order valence-electron chi connectivity index (χ3n) is 4.57. The number of aromatic nitrogens is 2. The molecule has 0 fully saturated rings. The highest BCUT2D eigenvalue weighted by molar-refractivity contribution is 5.93. The van der Waals surface area contributed by atoms with Gasteiger partial charge in [-0.25, -0.2) is 9.78 Å². The Bertz CT molecular complexity index is 965. The number of fused-ring (bicyclic) bond motifs is 1. The monoisotopic (exact) mass is 379 g/mol. The quantitative estimate of drug-likeness (QED) is 0.615. The van der Waals surface area contributed by atoms with E-state index >= 15 is 0 Å². The standard InChI is InChI=1S/C21H25N5O2/c1-14(2)19(25-21(28)23-15-9-5-4-6-10-15)20(27)22-13-18-24-16-11-7-8-12-17(16)26(18)3/h4-12,14,19H,13H2,1-3H3,(H,22,27)(H2,23,25,28). The Morgan fingerprint density at radius 2 is 1.71 bits per heavy atom. The number of hydrogen-bond acceptors (Lipinski definition) is 3. The van der Waals surface area contributed by atoms with Gasteiger partial charge in [-0.2, -0.15) is 0 Å². The van der Waals surface area contributed by atoms with Crippen LogP contribution in [0.2, 0.25) is 0 Å². The molecule has 0 spiro atoms. The van der Waals surface area contributed by atoms with Gasteiger partial charge in [-0.1, -0.05) is 44.2 Å². The van der Waals surface area contributed by atoms with Gasteiger partial charge in [0.15, 0.2) is 0 Å². The number of amides is 3. The van der Waals surface area contributed by atoms with Gasteiger partial charge >= 0.3 is 6.03 Å². The molecule has 0 saturated carbocycles. The number of imidazole rings is 1. The average Bonchev–Trinajstić information content (AvgIpc) is 3.01. The summed E-state index contributed by atoms with van der Waals surface area (Å²) in [5.74, 6) is 0.443. The first-order valence-corrected chi connectivity index (χ1v) is 9.26. The Hall–Kier alpha value is -3.35. The lowest BCUT2D eigenvalue weighted by Gasteiger charge is -2.22. The molecular formula is C21H25N5O2. The third kappa shape index (κ3) is 4.49. The van der Waals surface area contributed by atoms with E-state index in [2.05, 4.69) is 20.9 Å². The Kier molecular flexibility index (Phi) is 5.93. The average molecular weight is 379 g/mol. The first kappa shape index (κ1) is 19.4. The van der Waals surface area contributed by atoms with Crippen LogP contribution in [0.1, 0.15) is 19.7 Å². The fraction of sp³-hybridized carbons (Fsp3) is 0.286. The number of carbonyl (C=O) groups excluding carboxylic acids is 2. The van der Waals surface area contributed by atoms with Crippen molar-refractivity contribution in [3.8, 4) is 0 Å². The van der Waals surface area contributed by atoms with Crippen molar-refractivity contribution in [2.45, 2.75) is 26.4 Å². The molecule has 0 aliphatic carbocycles.